The van der Waals surface area contributed by atoms with Crippen molar-refractivity contribution in [2.45, 2.75) is 77.7 Å². The zero-order chi connectivity index (χ0) is 53.3. The Labute approximate surface area is 437 Å². The van der Waals surface area contributed by atoms with Crippen LogP contribution in [-0.2, 0) is 52.1 Å². The fraction of sp³-hybridized carbons (Fsp3) is 0.471. The van der Waals surface area contributed by atoms with E-state index in [4.69, 9.17) is 24.7 Å². The molecule has 0 bridgehead atoms. The van der Waals surface area contributed by atoms with E-state index in [-0.39, 0.29) is 88.0 Å². The lowest BCUT2D eigenvalue weighted by Gasteiger charge is -2.35. The van der Waals surface area contributed by atoms with E-state index in [9.17, 15) is 37.5 Å². The van der Waals surface area contributed by atoms with Gasteiger partial charge in [-0.15, -0.1) is 22.7 Å². The lowest BCUT2D eigenvalue weighted by Crippen LogP contribution is -2.58. The summed E-state index contributed by atoms with van der Waals surface area (Å²) in [6.45, 7) is 7.35. The molecule has 2 fully saturated rings. The van der Waals surface area contributed by atoms with Crippen LogP contribution in [-0.4, -0.2) is 146 Å². The lowest BCUT2D eigenvalue weighted by molar-refractivity contribution is -0.144. The van der Waals surface area contributed by atoms with Crippen LogP contribution in [0.4, 0.5) is 0 Å². The first-order valence-corrected chi connectivity index (χ1v) is 27.7. The summed E-state index contributed by atoms with van der Waals surface area (Å²) in [5.41, 5.74) is 11.5. The van der Waals surface area contributed by atoms with Gasteiger partial charge in [-0.3, -0.25) is 29.0 Å². The highest BCUT2D eigenvalue weighted by molar-refractivity contribution is 7.91. The van der Waals surface area contributed by atoms with Gasteiger partial charge in [0.25, 0.3) is 11.5 Å². The first-order valence-electron chi connectivity index (χ1n) is 24.2. The van der Waals surface area contributed by atoms with Gasteiger partial charge in [0.05, 0.1) is 76.9 Å². The van der Waals surface area contributed by atoms with Gasteiger partial charge >= 0.3 is 0 Å². The standard InChI is InChI=1S/C51H64N8O12S3/c1-30-44(72-29-55-30)32-9-7-31(8-10-32)24-54-48(63)38-22-35(60)25-59(38)50(65)46(51(2,3)4)57-43(62)27-70-18-17-69-16-15-53-42(61)28-71-39-12-11-33(21-40(39)68-6)37-26-58(5)49(64)36-23-41(73-45(36)37)47(52)56-34-13-19-74(66,67)20-14-34/h7-12,21,23,26,29,34-35,38,46,60H,13-20,22,24-25,27-28H2,1-6H3,(H2,52,56)(H,53,61)(H,54,63)(H,57,62). The Bertz CT molecular complexity index is 3020. The van der Waals surface area contributed by atoms with Crippen molar-refractivity contribution < 1.29 is 51.6 Å². The Hall–Kier alpha value is -6.24. The van der Waals surface area contributed by atoms with E-state index in [1.165, 1.54) is 27.9 Å². The minimum absolute atomic E-state index is 0.0510. The number of amidine groups is 1. The summed E-state index contributed by atoms with van der Waals surface area (Å²) in [7, 11) is 0.0788. The highest BCUT2D eigenvalue weighted by Gasteiger charge is 2.44. The molecule has 7 rings (SSSR count). The van der Waals surface area contributed by atoms with Crippen LogP contribution < -0.4 is 36.7 Å². The third kappa shape index (κ3) is 14.1. The number of nitrogens with one attached hydrogen (secondary N) is 3. The number of amides is 4. The van der Waals surface area contributed by atoms with Crippen molar-refractivity contribution in [3.8, 4) is 33.1 Å². The molecule has 5 aromatic rings. The van der Waals surface area contributed by atoms with E-state index in [1.807, 2.05) is 31.2 Å². The van der Waals surface area contributed by atoms with E-state index in [2.05, 4.69) is 25.9 Å². The topological polar surface area (TPSA) is 272 Å². The molecule has 6 N–H and O–H groups in total. The Balaban J connectivity index is 0.819. The second kappa shape index (κ2) is 24.4. The summed E-state index contributed by atoms with van der Waals surface area (Å²) >= 11 is 2.88. The molecule has 3 atom stereocenters. The molecule has 5 heterocycles. The van der Waals surface area contributed by atoms with Crippen molar-refractivity contribution in [1.82, 2.24) is 30.4 Å². The summed E-state index contributed by atoms with van der Waals surface area (Å²) in [4.78, 5) is 78.3. The van der Waals surface area contributed by atoms with E-state index in [1.54, 1.807) is 75.1 Å². The molecule has 4 amide bonds. The van der Waals surface area contributed by atoms with Gasteiger partial charge in [0, 0.05) is 49.6 Å². The number of aryl methyl sites for hydroxylation is 2. The Morgan fingerprint density at radius 1 is 0.959 bits per heavy atom. The number of sulfone groups is 1. The number of aliphatic hydroxyl groups excluding tert-OH is 1. The van der Waals surface area contributed by atoms with Crippen LogP contribution in [0.1, 0.15) is 56.2 Å². The van der Waals surface area contributed by atoms with Gasteiger partial charge in [-0.1, -0.05) is 51.1 Å². The molecule has 20 nitrogen and oxygen atoms in total. The number of likely N-dealkylation sites (tertiary alicyclic amines) is 1. The number of carbonyl (C=O) groups is 4. The molecule has 398 valence electrons. The second-order valence-electron chi connectivity index (χ2n) is 19.3. The third-order valence-corrected chi connectivity index (χ3v) is 16.6. The molecule has 0 spiro atoms. The number of rotatable bonds is 21. The smallest absolute Gasteiger partial charge is 0.259 e. The normalized spacial score (nSPS) is 17.5. The number of benzene rings is 2. The van der Waals surface area contributed by atoms with Crippen LogP contribution in [0.3, 0.4) is 0 Å². The number of carbonyl (C=O) groups excluding carboxylic acids is 4. The predicted octanol–water partition coefficient (Wildman–Crippen LogP) is 3.33. The fourth-order valence-corrected chi connectivity index (χ4v) is 12.0. The third-order valence-electron chi connectivity index (χ3n) is 12.7. The molecular formula is C51H64N8O12S3. The zero-order valence-corrected chi connectivity index (χ0v) is 44.8. The van der Waals surface area contributed by atoms with Gasteiger partial charge in [0.2, 0.25) is 17.7 Å². The number of β-amino-alcohol motifs (C(OH)–C–C–N with tert-alkyl or cyclic N) is 1. The molecule has 0 saturated carbocycles. The molecule has 74 heavy (non-hydrogen) atoms. The molecule has 0 aliphatic carbocycles. The minimum Gasteiger partial charge on any atom is -0.493 e. The van der Waals surface area contributed by atoms with Crippen LogP contribution in [0.5, 0.6) is 11.5 Å². The Morgan fingerprint density at radius 3 is 2.36 bits per heavy atom. The lowest BCUT2D eigenvalue weighted by atomic mass is 9.85. The first kappa shape index (κ1) is 55.5. The van der Waals surface area contributed by atoms with E-state index in [0.29, 0.717) is 39.3 Å². The van der Waals surface area contributed by atoms with Gasteiger partial charge in [0.15, 0.2) is 18.1 Å². The molecule has 2 aliphatic rings. The minimum atomic E-state index is -3.05. The number of thiophene rings is 1. The quantitative estimate of drug-likeness (QED) is 0.0401. The molecule has 23 heteroatoms. The number of aromatic nitrogens is 2. The van der Waals surface area contributed by atoms with Gasteiger partial charge in [-0.05, 0) is 60.1 Å². The zero-order valence-electron chi connectivity index (χ0n) is 42.3. The van der Waals surface area contributed by atoms with E-state index < -0.39 is 57.1 Å². The van der Waals surface area contributed by atoms with Crippen LogP contribution >= 0.6 is 22.7 Å². The number of aliphatic hydroxyl groups is 1. The molecule has 3 aromatic heterocycles. The average molecular weight is 1080 g/mol. The van der Waals surface area contributed by atoms with Crippen molar-refractivity contribution in [2.24, 2.45) is 23.2 Å². The summed E-state index contributed by atoms with van der Waals surface area (Å²) < 4.78 is 48.5. The molecule has 2 aromatic carbocycles. The highest BCUT2D eigenvalue weighted by atomic mass is 32.2. The van der Waals surface area contributed by atoms with Gasteiger partial charge < -0.3 is 55.2 Å². The summed E-state index contributed by atoms with van der Waals surface area (Å²) in [5.74, 6) is -0.771. The Morgan fingerprint density at radius 2 is 1.68 bits per heavy atom. The largest absolute Gasteiger partial charge is 0.493 e. The molecule has 2 aliphatic heterocycles. The van der Waals surface area contributed by atoms with Crippen LogP contribution in [0.2, 0.25) is 0 Å². The Kier molecular flexibility index (Phi) is 18.3. The van der Waals surface area contributed by atoms with Crippen molar-refractivity contribution in [1.29, 1.82) is 0 Å². The van der Waals surface area contributed by atoms with Crippen molar-refractivity contribution in [2.75, 3.05) is 64.7 Å². The van der Waals surface area contributed by atoms with E-state index >= 15 is 0 Å². The van der Waals surface area contributed by atoms with Crippen LogP contribution in [0, 0.1) is 12.3 Å². The fourth-order valence-electron chi connectivity index (χ4n) is 8.63. The first-order chi connectivity index (χ1) is 35.2. The number of nitrogens with two attached hydrogens (primary N) is 1. The number of fused-ring (bicyclic) bond motifs is 1. The highest BCUT2D eigenvalue weighted by Crippen LogP contribution is 2.38. The van der Waals surface area contributed by atoms with Crippen LogP contribution in [0.25, 0.3) is 31.7 Å². The predicted molar refractivity (Wildman–Crippen MR) is 283 cm³/mol. The van der Waals surface area contributed by atoms with Crippen molar-refractivity contribution in [3.63, 3.8) is 0 Å². The molecule has 0 radical (unpaired) electrons. The maximum Gasteiger partial charge on any atom is 0.259 e. The number of nitrogens with zero attached hydrogens (tertiary/aromatic N) is 4. The number of hydrogen-bond acceptors (Lipinski definition) is 16. The van der Waals surface area contributed by atoms with Crippen molar-refractivity contribution >= 4 is 72.1 Å². The number of methoxy groups -OCH3 is 1. The van der Waals surface area contributed by atoms with Crippen LogP contribution in [0.15, 0.2) is 70.0 Å². The number of hydrogen-bond donors (Lipinski definition) is 5. The van der Waals surface area contributed by atoms with Crippen molar-refractivity contribution in [3.05, 3.63) is 86.7 Å². The monoisotopic (exact) mass is 1080 g/mol. The maximum absolute atomic E-state index is 14.0. The second-order valence-corrected chi connectivity index (χ2v) is 23.5. The summed E-state index contributed by atoms with van der Waals surface area (Å²) in [6.07, 6.45) is 1.68. The number of ether oxygens (including phenoxy) is 4. The number of aliphatic imine (C=N–C) groups is 1. The maximum atomic E-state index is 14.0. The van der Waals surface area contributed by atoms with Gasteiger partial charge in [-0.25, -0.2) is 13.4 Å². The van der Waals surface area contributed by atoms with Gasteiger partial charge in [-0.2, -0.15) is 0 Å². The molecular weight excluding hydrogens is 1010 g/mol. The summed E-state index contributed by atoms with van der Waals surface area (Å²) in [5, 5.41) is 19.4. The number of pyridine rings is 1. The van der Waals surface area contributed by atoms with Gasteiger partial charge in [0.1, 0.15) is 34.4 Å². The molecule has 2 saturated heterocycles. The average Bonchev–Trinajstić information content (AvgIpc) is 4.12. The SMILES string of the molecule is COc1cc(-c2cn(C)c(=O)c3cc(C(N)=NC4CCS(=O)(=O)CC4)sc23)ccc1OCC(=O)NCCOCCOCC(=O)NC(C(=O)N1CC(O)CC1C(=O)NCc1ccc(-c2scnc2C)cc1)C(C)(C)C. The summed E-state index contributed by atoms with van der Waals surface area (Å²) in [6, 6.07) is 12.6. The number of thiazole rings is 1. The van der Waals surface area contributed by atoms with E-state index in [0.717, 1.165) is 32.8 Å². The molecule has 3 unspecified atom stereocenters.